The summed E-state index contributed by atoms with van der Waals surface area (Å²) in [6.45, 7) is 7.12. The third-order valence-electron chi connectivity index (χ3n) is 5.01. The summed E-state index contributed by atoms with van der Waals surface area (Å²) in [6.07, 6.45) is 5.63. The van der Waals surface area contributed by atoms with Crippen molar-refractivity contribution in [2.45, 2.75) is 71.9 Å². The zero-order chi connectivity index (χ0) is 18.5. The number of amides is 1. The average molecular weight is 354 g/mol. The Bertz CT molecular complexity index is 746. The van der Waals surface area contributed by atoms with Gasteiger partial charge in [0.2, 0.25) is 5.91 Å². The smallest absolute Gasteiger partial charge is 0.220 e. The van der Waals surface area contributed by atoms with Crippen molar-refractivity contribution in [2.24, 2.45) is 5.92 Å². The summed E-state index contributed by atoms with van der Waals surface area (Å²) in [6, 6.07) is 8.70. The van der Waals surface area contributed by atoms with Crippen molar-refractivity contribution in [2.75, 3.05) is 0 Å². The molecule has 0 radical (unpaired) electrons. The van der Waals surface area contributed by atoms with Crippen LogP contribution < -0.4 is 5.32 Å². The number of hydrogen-bond donors (Lipinski definition) is 1. The van der Waals surface area contributed by atoms with E-state index in [0.29, 0.717) is 31.3 Å². The van der Waals surface area contributed by atoms with E-state index < -0.39 is 0 Å². The third kappa shape index (κ3) is 4.93. The number of aromatic nitrogens is 3. The lowest BCUT2D eigenvalue weighted by molar-refractivity contribution is -0.121. The molecule has 5 heteroatoms. The monoisotopic (exact) mass is 354 g/mol. The first-order valence-electron chi connectivity index (χ1n) is 9.78. The number of carbonyl (C=O) groups excluding carboxylic acids is 1. The van der Waals surface area contributed by atoms with Crippen LogP contribution >= 0.6 is 0 Å². The standard InChI is InChI=1S/C21H30N4O/c1-15(2)8-11-19-23-24-20(25(19)18-9-10-18)12-13-21(26)22-14-17-7-5-4-6-16(17)3/h4-7,15,18H,8-14H2,1-3H3,(H,22,26). The van der Waals surface area contributed by atoms with Gasteiger partial charge in [-0.1, -0.05) is 38.1 Å². The van der Waals surface area contributed by atoms with Gasteiger partial charge < -0.3 is 9.88 Å². The van der Waals surface area contributed by atoms with Gasteiger partial charge in [0.05, 0.1) is 0 Å². The van der Waals surface area contributed by atoms with E-state index in [1.54, 1.807) is 0 Å². The second kappa shape index (κ2) is 8.47. The molecule has 1 aromatic carbocycles. The first-order valence-corrected chi connectivity index (χ1v) is 9.78. The van der Waals surface area contributed by atoms with Crippen LogP contribution in [0.4, 0.5) is 0 Å². The zero-order valence-electron chi connectivity index (χ0n) is 16.2. The highest BCUT2D eigenvalue weighted by Crippen LogP contribution is 2.37. The van der Waals surface area contributed by atoms with E-state index in [-0.39, 0.29) is 5.91 Å². The summed E-state index contributed by atoms with van der Waals surface area (Å²) in [5, 5.41) is 11.8. The molecular weight excluding hydrogens is 324 g/mol. The van der Waals surface area contributed by atoms with Crippen molar-refractivity contribution in [3.05, 3.63) is 47.0 Å². The van der Waals surface area contributed by atoms with Crippen LogP contribution in [0.25, 0.3) is 0 Å². The summed E-state index contributed by atoms with van der Waals surface area (Å²) < 4.78 is 2.30. The van der Waals surface area contributed by atoms with Gasteiger partial charge in [-0.05, 0) is 43.2 Å². The Morgan fingerprint density at radius 3 is 2.54 bits per heavy atom. The molecule has 26 heavy (non-hydrogen) atoms. The predicted molar refractivity (Wildman–Crippen MR) is 103 cm³/mol. The Hall–Kier alpha value is -2.17. The molecule has 3 rings (SSSR count). The lowest BCUT2D eigenvalue weighted by Gasteiger charge is -2.11. The Morgan fingerprint density at radius 2 is 1.88 bits per heavy atom. The Kier molecular flexibility index (Phi) is 6.07. The molecule has 0 atom stereocenters. The quantitative estimate of drug-likeness (QED) is 0.746. The minimum absolute atomic E-state index is 0.0716. The number of rotatable bonds is 9. The minimum Gasteiger partial charge on any atom is -0.352 e. The molecule has 140 valence electrons. The van der Waals surface area contributed by atoms with Crippen LogP contribution in [0.2, 0.25) is 0 Å². The van der Waals surface area contributed by atoms with E-state index in [0.717, 1.165) is 30.1 Å². The molecule has 1 fully saturated rings. The van der Waals surface area contributed by atoms with Gasteiger partial charge in [0.1, 0.15) is 11.6 Å². The van der Waals surface area contributed by atoms with Crippen LogP contribution in [0.5, 0.6) is 0 Å². The highest BCUT2D eigenvalue weighted by Gasteiger charge is 2.29. The number of carbonyl (C=O) groups is 1. The highest BCUT2D eigenvalue weighted by atomic mass is 16.1. The van der Waals surface area contributed by atoms with Gasteiger partial charge in [0, 0.05) is 31.8 Å². The number of nitrogens with one attached hydrogen (secondary N) is 1. The second-order valence-corrected chi connectivity index (χ2v) is 7.77. The SMILES string of the molecule is Cc1ccccc1CNC(=O)CCc1nnc(CCC(C)C)n1C1CC1. The zero-order valence-corrected chi connectivity index (χ0v) is 16.2. The van der Waals surface area contributed by atoms with Crippen LogP contribution in [0.15, 0.2) is 24.3 Å². The maximum Gasteiger partial charge on any atom is 0.220 e. The number of aryl methyl sites for hydroxylation is 3. The lowest BCUT2D eigenvalue weighted by atomic mass is 10.1. The molecule has 1 aliphatic carbocycles. The normalized spacial score (nSPS) is 14.0. The molecule has 1 saturated carbocycles. The van der Waals surface area contributed by atoms with E-state index in [1.165, 1.54) is 18.4 Å². The average Bonchev–Trinajstić information content (AvgIpc) is 3.37. The van der Waals surface area contributed by atoms with Gasteiger partial charge in [-0.25, -0.2) is 0 Å². The van der Waals surface area contributed by atoms with Crippen LogP contribution in [-0.4, -0.2) is 20.7 Å². The van der Waals surface area contributed by atoms with E-state index >= 15 is 0 Å². The van der Waals surface area contributed by atoms with Gasteiger partial charge in [-0.2, -0.15) is 0 Å². The largest absolute Gasteiger partial charge is 0.352 e. The Balaban J connectivity index is 1.54. The van der Waals surface area contributed by atoms with Gasteiger partial charge in [-0.3, -0.25) is 4.79 Å². The molecule has 1 N–H and O–H groups in total. The Morgan fingerprint density at radius 1 is 1.19 bits per heavy atom. The number of hydrogen-bond acceptors (Lipinski definition) is 3. The summed E-state index contributed by atoms with van der Waals surface area (Å²) in [5.74, 6) is 2.80. The van der Waals surface area contributed by atoms with E-state index in [1.807, 2.05) is 12.1 Å². The Labute approximate surface area is 156 Å². The molecule has 0 unspecified atom stereocenters. The fraction of sp³-hybridized carbons (Fsp3) is 0.571. The maximum atomic E-state index is 12.3. The minimum atomic E-state index is 0.0716. The summed E-state index contributed by atoms with van der Waals surface area (Å²) >= 11 is 0. The van der Waals surface area contributed by atoms with Crippen molar-refractivity contribution in [3.63, 3.8) is 0 Å². The van der Waals surface area contributed by atoms with Gasteiger partial charge >= 0.3 is 0 Å². The summed E-state index contributed by atoms with van der Waals surface area (Å²) in [4.78, 5) is 12.3. The van der Waals surface area contributed by atoms with Gasteiger partial charge in [0.25, 0.3) is 0 Å². The molecule has 0 saturated heterocycles. The summed E-state index contributed by atoms with van der Waals surface area (Å²) in [7, 11) is 0. The number of benzene rings is 1. The first kappa shape index (κ1) is 18.6. The predicted octanol–water partition coefficient (Wildman–Crippen LogP) is 3.76. The molecule has 0 bridgehead atoms. The second-order valence-electron chi connectivity index (χ2n) is 7.77. The third-order valence-corrected chi connectivity index (χ3v) is 5.01. The molecular formula is C21H30N4O. The van der Waals surface area contributed by atoms with Gasteiger partial charge in [-0.15, -0.1) is 10.2 Å². The molecule has 0 aliphatic heterocycles. The molecule has 0 spiro atoms. The fourth-order valence-electron chi connectivity index (χ4n) is 3.19. The van der Waals surface area contributed by atoms with E-state index in [2.05, 4.69) is 53.0 Å². The molecule has 5 nitrogen and oxygen atoms in total. The molecule has 1 aliphatic rings. The highest BCUT2D eigenvalue weighted by molar-refractivity contribution is 5.76. The van der Waals surface area contributed by atoms with Crippen LogP contribution in [-0.2, 0) is 24.2 Å². The van der Waals surface area contributed by atoms with Crippen LogP contribution in [0, 0.1) is 12.8 Å². The van der Waals surface area contributed by atoms with E-state index in [4.69, 9.17) is 0 Å². The molecule has 1 heterocycles. The first-order chi connectivity index (χ1) is 12.5. The van der Waals surface area contributed by atoms with Crippen molar-refractivity contribution in [1.82, 2.24) is 20.1 Å². The van der Waals surface area contributed by atoms with Crippen LogP contribution in [0.1, 0.15) is 68.3 Å². The molecule has 1 aromatic heterocycles. The van der Waals surface area contributed by atoms with Crippen molar-refractivity contribution in [3.8, 4) is 0 Å². The summed E-state index contributed by atoms with van der Waals surface area (Å²) in [5.41, 5.74) is 2.37. The topological polar surface area (TPSA) is 59.8 Å². The molecule has 1 amide bonds. The van der Waals surface area contributed by atoms with Crippen LogP contribution in [0.3, 0.4) is 0 Å². The fourth-order valence-corrected chi connectivity index (χ4v) is 3.19. The molecule has 2 aromatic rings. The van der Waals surface area contributed by atoms with Crippen molar-refractivity contribution in [1.29, 1.82) is 0 Å². The lowest BCUT2D eigenvalue weighted by Crippen LogP contribution is -2.24. The van der Waals surface area contributed by atoms with Crippen molar-refractivity contribution < 1.29 is 4.79 Å². The van der Waals surface area contributed by atoms with Gasteiger partial charge in [0.15, 0.2) is 0 Å². The maximum absolute atomic E-state index is 12.3. The van der Waals surface area contributed by atoms with E-state index in [9.17, 15) is 4.79 Å². The number of nitrogens with zero attached hydrogens (tertiary/aromatic N) is 3. The van der Waals surface area contributed by atoms with Crippen molar-refractivity contribution >= 4 is 5.91 Å².